The standard InChI is InChI=1S/C27H40O8SSi/c1-18-25(19-11-12-21(22(15-19)31-5)35-37(8,9)26(2,3)4)34-24-16-20(28)23(32-6)17-27(18,24)13-10-14-33-36(7,29)30/h11-12,15-18,25H,10,13-14H2,1-9H3/t18-,25+,27+/m0/s1. The summed E-state index contributed by atoms with van der Waals surface area (Å²) in [6.45, 7) is 13.0. The lowest BCUT2D eigenvalue weighted by Gasteiger charge is -2.37. The van der Waals surface area contributed by atoms with Crippen LogP contribution in [0.1, 0.15) is 52.2 Å². The van der Waals surface area contributed by atoms with Crippen LogP contribution in [-0.4, -0.2) is 49.6 Å². The second kappa shape index (κ2) is 10.5. The number of hydrogen-bond donors (Lipinski definition) is 0. The number of hydrogen-bond acceptors (Lipinski definition) is 8. The molecule has 3 atom stereocenters. The number of rotatable bonds is 10. The molecule has 1 aliphatic carbocycles. The van der Waals surface area contributed by atoms with Crippen molar-refractivity contribution in [2.75, 3.05) is 27.1 Å². The maximum Gasteiger partial charge on any atom is 0.264 e. The third-order valence-corrected chi connectivity index (χ3v) is 12.8. The molecule has 10 heteroatoms. The Morgan fingerprint density at radius 1 is 1.11 bits per heavy atom. The zero-order valence-corrected chi connectivity index (χ0v) is 25.2. The van der Waals surface area contributed by atoms with Gasteiger partial charge in [-0.25, -0.2) is 0 Å². The first-order valence-electron chi connectivity index (χ1n) is 12.5. The molecule has 1 aliphatic heterocycles. The first-order valence-corrected chi connectivity index (χ1v) is 17.2. The lowest BCUT2D eigenvalue weighted by Crippen LogP contribution is -2.43. The van der Waals surface area contributed by atoms with Crippen molar-refractivity contribution >= 4 is 24.2 Å². The molecule has 0 radical (unpaired) electrons. The Balaban J connectivity index is 1.94. The maximum absolute atomic E-state index is 12.6. The molecule has 8 nitrogen and oxygen atoms in total. The van der Waals surface area contributed by atoms with Crippen LogP contribution >= 0.6 is 0 Å². The maximum atomic E-state index is 12.6. The van der Waals surface area contributed by atoms with Crippen LogP contribution in [0.25, 0.3) is 0 Å². The number of ether oxygens (including phenoxy) is 3. The number of allylic oxidation sites excluding steroid dienone is 2. The quantitative estimate of drug-likeness (QED) is 0.212. The Hall–Kier alpha value is -2.30. The van der Waals surface area contributed by atoms with Crippen molar-refractivity contribution in [3.8, 4) is 11.5 Å². The highest BCUT2D eigenvalue weighted by atomic mass is 32.2. The van der Waals surface area contributed by atoms with E-state index in [2.05, 4.69) is 40.8 Å². The number of methoxy groups -OCH3 is 2. The SMILES string of the molecule is COC1=C[C@@]2(CCCOS(C)(=O)=O)C(=CC1=O)O[C@@H](c1ccc(O[Si](C)(C)C(C)(C)C)c(OC)c1)[C@@H]2C. The Kier molecular flexibility index (Phi) is 8.27. The molecule has 1 saturated heterocycles. The van der Waals surface area contributed by atoms with Crippen LogP contribution in [0.2, 0.25) is 18.1 Å². The summed E-state index contributed by atoms with van der Waals surface area (Å²) in [7, 11) is -2.53. The van der Waals surface area contributed by atoms with E-state index < -0.39 is 23.9 Å². The average Bonchev–Trinajstić information content (AvgIpc) is 3.06. The van der Waals surface area contributed by atoms with Gasteiger partial charge >= 0.3 is 0 Å². The smallest absolute Gasteiger partial charge is 0.264 e. The molecule has 206 valence electrons. The van der Waals surface area contributed by atoms with Crippen LogP contribution in [0, 0.1) is 11.3 Å². The molecular weight excluding hydrogens is 512 g/mol. The molecule has 0 saturated carbocycles. The summed E-state index contributed by atoms with van der Waals surface area (Å²) in [6, 6.07) is 5.84. The Labute approximate surface area is 222 Å². The molecular formula is C27H40O8SSi. The summed E-state index contributed by atoms with van der Waals surface area (Å²) in [6.07, 6.45) is 4.95. The molecule has 1 aromatic rings. The molecule has 0 bridgehead atoms. The van der Waals surface area contributed by atoms with Gasteiger partial charge in [-0.1, -0.05) is 33.8 Å². The molecule has 1 aromatic carbocycles. The summed E-state index contributed by atoms with van der Waals surface area (Å²) in [4.78, 5) is 12.6. The predicted octanol–water partition coefficient (Wildman–Crippen LogP) is 5.53. The van der Waals surface area contributed by atoms with Crippen molar-refractivity contribution in [1.82, 2.24) is 0 Å². The molecule has 1 fully saturated rings. The van der Waals surface area contributed by atoms with Gasteiger partial charge in [-0.15, -0.1) is 0 Å². The van der Waals surface area contributed by atoms with Gasteiger partial charge in [0.15, 0.2) is 11.5 Å². The van der Waals surface area contributed by atoms with Gasteiger partial charge in [-0.05, 0) is 54.7 Å². The Morgan fingerprint density at radius 3 is 2.35 bits per heavy atom. The Bertz CT molecular complexity index is 1200. The molecule has 2 aliphatic rings. The average molecular weight is 553 g/mol. The second-order valence-electron chi connectivity index (χ2n) is 11.4. The van der Waals surface area contributed by atoms with Gasteiger partial charge in [0.05, 0.1) is 32.5 Å². The summed E-state index contributed by atoms with van der Waals surface area (Å²) in [5, 5.41) is 0.0348. The monoisotopic (exact) mass is 552 g/mol. The highest BCUT2D eigenvalue weighted by Crippen LogP contribution is 2.58. The summed E-state index contributed by atoms with van der Waals surface area (Å²) in [5.41, 5.74) is 0.253. The summed E-state index contributed by atoms with van der Waals surface area (Å²) in [5.74, 6) is 1.78. The summed E-state index contributed by atoms with van der Waals surface area (Å²) < 4.78 is 51.8. The van der Waals surface area contributed by atoms with E-state index in [9.17, 15) is 13.2 Å². The number of carbonyl (C=O) groups is 1. The molecule has 0 N–H and O–H groups in total. The first kappa shape index (κ1) is 29.3. The fourth-order valence-electron chi connectivity index (χ4n) is 4.60. The lowest BCUT2D eigenvalue weighted by atomic mass is 9.68. The van der Waals surface area contributed by atoms with Crippen LogP contribution in [-0.2, 0) is 28.6 Å². The fourth-order valence-corrected chi connectivity index (χ4v) is 6.04. The van der Waals surface area contributed by atoms with Crippen molar-refractivity contribution in [2.45, 2.75) is 64.8 Å². The second-order valence-corrected chi connectivity index (χ2v) is 17.7. The molecule has 0 aromatic heterocycles. The van der Waals surface area contributed by atoms with E-state index in [-0.39, 0.29) is 35.2 Å². The zero-order valence-electron chi connectivity index (χ0n) is 23.3. The largest absolute Gasteiger partial charge is 0.541 e. The molecule has 0 unspecified atom stereocenters. The molecule has 0 amide bonds. The van der Waals surface area contributed by atoms with Gasteiger partial charge in [0, 0.05) is 12.0 Å². The highest BCUT2D eigenvalue weighted by Gasteiger charge is 2.53. The lowest BCUT2D eigenvalue weighted by molar-refractivity contribution is -0.114. The number of fused-ring (bicyclic) bond motifs is 1. The van der Waals surface area contributed by atoms with E-state index in [1.165, 1.54) is 13.2 Å². The predicted molar refractivity (Wildman–Crippen MR) is 144 cm³/mol. The third kappa shape index (κ3) is 6.07. The number of benzene rings is 1. The zero-order chi connectivity index (χ0) is 27.8. The molecule has 0 spiro atoms. The fraction of sp³-hybridized carbons (Fsp3) is 0.593. The van der Waals surface area contributed by atoms with Crippen LogP contribution < -0.4 is 9.16 Å². The third-order valence-electron chi connectivity index (χ3n) is 7.81. The van der Waals surface area contributed by atoms with E-state index in [4.69, 9.17) is 22.8 Å². The van der Waals surface area contributed by atoms with E-state index >= 15 is 0 Å². The van der Waals surface area contributed by atoms with Crippen LogP contribution in [0.3, 0.4) is 0 Å². The highest BCUT2D eigenvalue weighted by molar-refractivity contribution is 7.85. The number of carbonyl (C=O) groups excluding carboxylic acids is 1. The van der Waals surface area contributed by atoms with Crippen LogP contribution in [0.15, 0.2) is 41.9 Å². The van der Waals surface area contributed by atoms with E-state index in [1.807, 2.05) is 24.3 Å². The van der Waals surface area contributed by atoms with Crippen LogP contribution in [0.5, 0.6) is 11.5 Å². The van der Waals surface area contributed by atoms with Gasteiger partial charge in [0.25, 0.3) is 18.4 Å². The Morgan fingerprint density at radius 2 is 1.78 bits per heavy atom. The van der Waals surface area contributed by atoms with Gasteiger partial charge < -0.3 is 18.6 Å². The minimum absolute atomic E-state index is 0.0348. The van der Waals surface area contributed by atoms with Crippen molar-refractivity contribution in [3.63, 3.8) is 0 Å². The first-order chi connectivity index (χ1) is 17.0. The van der Waals surface area contributed by atoms with Crippen LogP contribution in [0.4, 0.5) is 0 Å². The number of ketones is 1. The minimum atomic E-state index is -3.54. The van der Waals surface area contributed by atoms with Crippen molar-refractivity contribution < 1.29 is 36.0 Å². The van der Waals surface area contributed by atoms with E-state index in [0.717, 1.165) is 11.8 Å². The minimum Gasteiger partial charge on any atom is -0.541 e. The molecule has 1 heterocycles. The van der Waals surface area contributed by atoms with Gasteiger partial charge in [0.1, 0.15) is 17.6 Å². The van der Waals surface area contributed by atoms with Crippen molar-refractivity contribution in [3.05, 3.63) is 47.4 Å². The molecule has 37 heavy (non-hydrogen) atoms. The van der Waals surface area contributed by atoms with E-state index in [0.29, 0.717) is 30.1 Å². The van der Waals surface area contributed by atoms with Crippen molar-refractivity contribution in [2.24, 2.45) is 11.3 Å². The van der Waals surface area contributed by atoms with Crippen molar-refractivity contribution in [1.29, 1.82) is 0 Å². The van der Waals surface area contributed by atoms with E-state index in [1.54, 1.807) is 7.11 Å². The topological polar surface area (TPSA) is 97.4 Å². The summed E-state index contributed by atoms with van der Waals surface area (Å²) >= 11 is 0. The van der Waals surface area contributed by atoms with Gasteiger partial charge in [-0.3, -0.25) is 8.98 Å². The molecule has 3 rings (SSSR count). The normalized spacial score (nSPS) is 24.1. The van der Waals surface area contributed by atoms with Gasteiger partial charge in [0.2, 0.25) is 5.78 Å². The van der Waals surface area contributed by atoms with Gasteiger partial charge in [-0.2, -0.15) is 8.42 Å².